The summed E-state index contributed by atoms with van der Waals surface area (Å²) in [5, 5.41) is 6.15. The predicted molar refractivity (Wildman–Crippen MR) is 130 cm³/mol. The average Bonchev–Trinajstić information content (AvgIpc) is 2.81. The number of hydrogen-bond donors (Lipinski definition) is 1. The molecule has 1 aliphatic heterocycles. The summed E-state index contributed by atoms with van der Waals surface area (Å²) in [5.74, 6) is 0. The van der Waals surface area contributed by atoms with E-state index >= 15 is 0 Å². The van der Waals surface area contributed by atoms with Crippen molar-refractivity contribution in [3.8, 4) is 0 Å². The molecule has 3 nitrogen and oxygen atoms in total. The molecular formula is C27H33NO2Si. The fraction of sp³-hybridized carbons (Fsp3) is 0.333. The molecule has 162 valence electrons. The number of rotatable bonds is 6. The minimum absolute atomic E-state index is 0.0142. The Labute approximate surface area is 187 Å². The molecule has 1 aliphatic rings. The summed E-state index contributed by atoms with van der Waals surface area (Å²) in [7, 11) is -2.52. The molecule has 4 rings (SSSR count). The van der Waals surface area contributed by atoms with Crippen LogP contribution in [-0.2, 0) is 9.16 Å². The van der Waals surface area contributed by atoms with Crippen LogP contribution in [0.5, 0.6) is 0 Å². The third-order valence-electron chi connectivity index (χ3n) is 6.24. The van der Waals surface area contributed by atoms with Crippen molar-refractivity contribution in [2.24, 2.45) is 0 Å². The molecule has 0 saturated carbocycles. The zero-order valence-electron chi connectivity index (χ0n) is 18.8. The first kappa shape index (κ1) is 22.0. The molecule has 0 spiro atoms. The number of hydrogen-bond acceptors (Lipinski definition) is 3. The Morgan fingerprint density at radius 3 is 1.87 bits per heavy atom. The highest BCUT2D eigenvalue weighted by Gasteiger charge is 2.50. The van der Waals surface area contributed by atoms with Crippen LogP contribution in [0.2, 0.25) is 5.04 Å². The van der Waals surface area contributed by atoms with Crippen LogP contribution in [-0.4, -0.2) is 27.7 Å². The molecule has 0 unspecified atom stereocenters. The summed E-state index contributed by atoms with van der Waals surface area (Å²) >= 11 is 0. The van der Waals surface area contributed by atoms with Gasteiger partial charge in [0.1, 0.15) is 0 Å². The van der Waals surface area contributed by atoms with Crippen LogP contribution in [0.15, 0.2) is 91.0 Å². The smallest absolute Gasteiger partial charge is 0.261 e. The van der Waals surface area contributed by atoms with E-state index in [0.717, 1.165) is 6.42 Å². The number of nitrogens with one attached hydrogen (secondary N) is 1. The van der Waals surface area contributed by atoms with Gasteiger partial charge in [0, 0.05) is 6.04 Å². The minimum Gasteiger partial charge on any atom is -0.406 e. The quantitative estimate of drug-likeness (QED) is 0.577. The topological polar surface area (TPSA) is 30.5 Å². The first-order valence-electron chi connectivity index (χ1n) is 11.2. The van der Waals surface area contributed by atoms with Crippen molar-refractivity contribution in [3.63, 3.8) is 0 Å². The summed E-state index contributed by atoms with van der Waals surface area (Å²) in [6.45, 7) is 8.19. The van der Waals surface area contributed by atoms with Gasteiger partial charge >= 0.3 is 0 Å². The molecular weight excluding hydrogens is 398 g/mol. The Hall–Kier alpha value is -2.24. The van der Waals surface area contributed by atoms with Crippen molar-refractivity contribution in [1.29, 1.82) is 0 Å². The van der Waals surface area contributed by atoms with Crippen molar-refractivity contribution >= 4 is 18.7 Å². The Balaban J connectivity index is 1.63. The monoisotopic (exact) mass is 431 g/mol. The fourth-order valence-corrected chi connectivity index (χ4v) is 9.30. The van der Waals surface area contributed by atoms with E-state index < -0.39 is 8.32 Å². The molecule has 1 N–H and O–H groups in total. The van der Waals surface area contributed by atoms with Gasteiger partial charge in [0.2, 0.25) is 0 Å². The Bertz CT molecular complexity index is 902. The maximum atomic E-state index is 7.11. The largest absolute Gasteiger partial charge is 0.406 e. The summed E-state index contributed by atoms with van der Waals surface area (Å²) < 4.78 is 13.1. The van der Waals surface area contributed by atoms with Gasteiger partial charge in [0.15, 0.2) is 0 Å². The standard InChI is InChI=1S/C27H33NO2Si/c1-27(2,3)31(24-15-9-5-10-16-24,25-17-11-6-12-18-25)30-20-23-19-26(29-21-28-23)22-13-7-4-8-14-22/h4-18,23,26,28H,19-21H2,1-3H3/t23-,26+/m0/s1. The van der Waals surface area contributed by atoms with E-state index in [1.165, 1.54) is 15.9 Å². The molecule has 2 atom stereocenters. The van der Waals surface area contributed by atoms with Crippen LogP contribution in [0.3, 0.4) is 0 Å². The molecule has 1 heterocycles. The van der Waals surface area contributed by atoms with Gasteiger partial charge in [-0.15, -0.1) is 0 Å². The van der Waals surface area contributed by atoms with Gasteiger partial charge in [0.05, 0.1) is 19.4 Å². The zero-order valence-corrected chi connectivity index (χ0v) is 19.8. The van der Waals surface area contributed by atoms with Gasteiger partial charge in [-0.2, -0.15) is 0 Å². The van der Waals surface area contributed by atoms with Gasteiger partial charge in [-0.05, 0) is 27.4 Å². The Morgan fingerprint density at radius 2 is 1.35 bits per heavy atom. The first-order valence-corrected chi connectivity index (χ1v) is 13.1. The van der Waals surface area contributed by atoms with E-state index in [9.17, 15) is 0 Å². The van der Waals surface area contributed by atoms with Gasteiger partial charge in [-0.3, -0.25) is 5.32 Å². The maximum absolute atomic E-state index is 7.11. The van der Waals surface area contributed by atoms with Crippen LogP contribution >= 0.6 is 0 Å². The van der Waals surface area contributed by atoms with Gasteiger partial charge < -0.3 is 9.16 Å². The molecule has 4 heteroatoms. The highest BCUT2D eigenvalue weighted by Crippen LogP contribution is 2.37. The molecule has 0 bridgehead atoms. The lowest BCUT2D eigenvalue weighted by molar-refractivity contribution is -0.0217. The van der Waals surface area contributed by atoms with Gasteiger partial charge in [-0.1, -0.05) is 112 Å². The van der Waals surface area contributed by atoms with Crippen LogP contribution in [0.25, 0.3) is 0 Å². The minimum atomic E-state index is -2.52. The number of benzene rings is 3. The molecule has 1 saturated heterocycles. The third-order valence-corrected chi connectivity index (χ3v) is 11.2. The van der Waals surface area contributed by atoms with E-state index in [4.69, 9.17) is 9.16 Å². The lowest BCUT2D eigenvalue weighted by atomic mass is 10.0. The normalized spacial score (nSPS) is 19.8. The predicted octanol–water partition coefficient (Wildman–Crippen LogP) is 4.64. The zero-order chi connectivity index (χ0) is 21.7. The molecule has 0 radical (unpaired) electrons. The molecule has 3 aromatic rings. The molecule has 0 aliphatic carbocycles. The van der Waals surface area contributed by atoms with Crippen LogP contribution in [0.1, 0.15) is 38.9 Å². The summed E-state index contributed by atoms with van der Waals surface area (Å²) in [5.41, 5.74) is 1.24. The molecule has 3 aromatic carbocycles. The lowest BCUT2D eigenvalue weighted by Crippen LogP contribution is -2.67. The van der Waals surface area contributed by atoms with E-state index in [0.29, 0.717) is 13.3 Å². The summed E-state index contributed by atoms with van der Waals surface area (Å²) in [6, 6.07) is 32.4. The average molecular weight is 432 g/mol. The summed E-state index contributed by atoms with van der Waals surface area (Å²) in [6.07, 6.45) is 1.01. The molecule has 0 aromatic heterocycles. The third kappa shape index (κ3) is 4.68. The van der Waals surface area contributed by atoms with Crippen LogP contribution < -0.4 is 15.7 Å². The van der Waals surface area contributed by atoms with E-state index in [-0.39, 0.29) is 17.2 Å². The highest BCUT2D eigenvalue weighted by molar-refractivity contribution is 6.99. The second-order valence-electron chi connectivity index (χ2n) is 9.32. The van der Waals surface area contributed by atoms with E-state index in [2.05, 4.69) is 111 Å². The SMILES string of the molecule is CC(C)(C)[Si](OC[C@@H]1C[C@H](c2ccccc2)OCN1)(c1ccccc1)c1ccccc1. The van der Waals surface area contributed by atoms with Gasteiger partial charge in [0.25, 0.3) is 8.32 Å². The van der Waals surface area contributed by atoms with Crippen LogP contribution in [0, 0.1) is 0 Å². The van der Waals surface area contributed by atoms with Crippen molar-refractivity contribution < 1.29 is 9.16 Å². The Morgan fingerprint density at radius 1 is 0.839 bits per heavy atom. The first-order chi connectivity index (χ1) is 15.0. The second-order valence-corrected chi connectivity index (χ2v) is 13.6. The van der Waals surface area contributed by atoms with E-state index in [1.807, 2.05) is 6.07 Å². The lowest BCUT2D eigenvalue weighted by Gasteiger charge is -2.44. The highest BCUT2D eigenvalue weighted by atomic mass is 28.4. The second kappa shape index (κ2) is 9.49. The fourth-order valence-electron chi connectivity index (χ4n) is 4.69. The van der Waals surface area contributed by atoms with E-state index in [1.54, 1.807) is 0 Å². The van der Waals surface area contributed by atoms with Crippen molar-refractivity contribution in [1.82, 2.24) is 5.32 Å². The van der Waals surface area contributed by atoms with Crippen LogP contribution in [0.4, 0.5) is 0 Å². The van der Waals surface area contributed by atoms with Crippen molar-refractivity contribution in [2.45, 2.75) is 44.4 Å². The van der Waals surface area contributed by atoms with Gasteiger partial charge in [-0.25, -0.2) is 0 Å². The molecule has 31 heavy (non-hydrogen) atoms. The summed E-state index contributed by atoms with van der Waals surface area (Å²) in [4.78, 5) is 0. The van der Waals surface area contributed by atoms with Crippen molar-refractivity contribution in [2.75, 3.05) is 13.3 Å². The Kier molecular flexibility index (Phi) is 6.73. The van der Waals surface area contributed by atoms with Crippen molar-refractivity contribution in [3.05, 3.63) is 96.6 Å². The molecule has 1 fully saturated rings. The number of ether oxygens (including phenoxy) is 1. The maximum Gasteiger partial charge on any atom is 0.261 e. The molecule has 0 amide bonds.